The second-order valence-corrected chi connectivity index (χ2v) is 6.62. The minimum Gasteiger partial charge on any atom is -0.490 e. The maximum atomic E-state index is 6.75. The van der Waals surface area contributed by atoms with Gasteiger partial charge in [0.2, 0.25) is 0 Å². The van der Waals surface area contributed by atoms with Crippen LogP contribution in [0.15, 0.2) is 18.2 Å². The lowest BCUT2D eigenvalue weighted by Crippen LogP contribution is -2.07. The summed E-state index contributed by atoms with van der Waals surface area (Å²) in [6.07, 6.45) is 9.38. The van der Waals surface area contributed by atoms with E-state index in [9.17, 15) is 0 Å². The molecule has 1 aromatic carbocycles. The number of halogens is 1. The second kappa shape index (κ2) is 5.75. The number of alkyl halides is 1. The van der Waals surface area contributed by atoms with E-state index in [0.717, 1.165) is 12.2 Å². The first kappa shape index (κ1) is 13.3. The van der Waals surface area contributed by atoms with Gasteiger partial charge in [0.15, 0.2) is 0 Å². The first-order chi connectivity index (χ1) is 9.24. The van der Waals surface area contributed by atoms with Crippen LogP contribution in [0.2, 0.25) is 0 Å². The molecule has 0 radical (unpaired) electrons. The maximum absolute atomic E-state index is 6.75. The molecule has 1 nitrogen and oxygen atoms in total. The van der Waals surface area contributed by atoms with Crippen molar-refractivity contribution >= 4 is 11.6 Å². The van der Waals surface area contributed by atoms with E-state index in [4.69, 9.17) is 16.3 Å². The zero-order valence-electron chi connectivity index (χ0n) is 11.7. The lowest BCUT2D eigenvalue weighted by atomic mass is 9.91. The molecule has 0 N–H and O–H groups in total. The molecule has 0 spiro atoms. The number of hydrogen-bond donors (Lipinski definition) is 0. The van der Waals surface area contributed by atoms with E-state index >= 15 is 0 Å². The molecule has 104 valence electrons. The highest BCUT2D eigenvalue weighted by molar-refractivity contribution is 6.21. The van der Waals surface area contributed by atoms with Gasteiger partial charge in [-0.3, -0.25) is 0 Å². The van der Waals surface area contributed by atoms with Crippen LogP contribution in [0, 0.1) is 5.92 Å². The van der Waals surface area contributed by atoms with Crippen LogP contribution in [0.5, 0.6) is 5.75 Å². The minimum atomic E-state index is 0.180. The molecule has 2 aliphatic rings. The van der Waals surface area contributed by atoms with Crippen molar-refractivity contribution in [2.24, 2.45) is 5.92 Å². The molecule has 1 aliphatic carbocycles. The zero-order valence-corrected chi connectivity index (χ0v) is 12.5. The van der Waals surface area contributed by atoms with Gasteiger partial charge in [0, 0.05) is 6.42 Å². The van der Waals surface area contributed by atoms with Crippen LogP contribution in [0.1, 0.15) is 62.0 Å². The van der Waals surface area contributed by atoms with Gasteiger partial charge in [-0.1, -0.05) is 37.8 Å². The lowest BCUT2D eigenvalue weighted by Gasteiger charge is -2.21. The van der Waals surface area contributed by atoms with Gasteiger partial charge < -0.3 is 4.74 Å². The third-order valence-corrected chi connectivity index (χ3v) is 5.16. The van der Waals surface area contributed by atoms with Crippen LogP contribution < -0.4 is 4.74 Å². The van der Waals surface area contributed by atoms with Gasteiger partial charge in [-0.25, -0.2) is 0 Å². The maximum Gasteiger partial charge on any atom is 0.123 e. The van der Waals surface area contributed by atoms with E-state index in [1.54, 1.807) is 0 Å². The molecule has 2 heteroatoms. The molecule has 0 aromatic heterocycles. The molecule has 1 aliphatic heterocycles. The molecule has 2 unspecified atom stereocenters. The standard InChI is InChI=1S/C17H23ClO/c1-12-10-15-11-14(8-9-16(15)19-12)17(18)13-6-4-2-3-5-7-13/h8-9,11-13,17H,2-7,10H2,1H3. The molecule has 1 fully saturated rings. The van der Waals surface area contributed by atoms with Gasteiger partial charge >= 0.3 is 0 Å². The smallest absolute Gasteiger partial charge is 0.123 e. The molecular weight excluding hydrogens is 256 g/mol. The van der Waals surface area contributed by atoms with E-state index in [0.29, 0.717) is 12.0 Å². The molecule has 0 saturated heterocycles. The third-order valence-electron chi connectivity index (χ3n) is 4.55. The summed E-state index contributed by atoms with van der Waals surface area (Å²) in [6.45, 7) is 2.13. The van der Waals surface area contributed by atoms with Crippen LogP contribution in [0.4, 0.5) is 0 Å². The first-order valence-electron chi connectivity index (χ1n) is 7.67. The van der Waals surface area contributed by atoms with Crippen molar-refractivity contribution in [1.82, 2.24) is 0 Å². The molecule has 1 aromatic rings. The fourth-order valence-electron chi connectivity index (χ4n) is 3.49. The van der Waals surface area contributed by atoms with Gasteiger partial charge in [0.25, 0.3) is 0 Å². The Bertz CT molecular complexity index is 435. The third kappa shape index (κ3) is 2.91. The number of hydrogen-bond acceptors (Lipinski definition) is 1. The average Bonchev–Trinajstić information content (AvgIpc) is 2.63. The number of fused-ring (bicyclic) bond motifs is 1. The van der Waals surface area contributed by atoms with Gasteiger partial charge in [-0.05, 0) is 42.9 Å². The lowest BCUT2D eigenvalue weighted by molar-refractivity contribution is 0.254. The molecular formula is C17H23ClO. The summed E-state index contributed by atoms with van der Waals surface area (Å²) in [4.78, 5) is 0. The van der Waals surface area contributed by atoms with Gasteiger partial charge in [-0.15, -0.1) is 11.6 Å². The number of rotatable bonds is 2. The molecule has 1 saturated carbocycles. The van der Waals surface area contributed by atoms with Crippen molar-refractivity contribution in [3.8, 4) is 5.75 Å². The van der Waals surface area contributed by atoms with Crippen molar-refractivity contribution in [2.75, 3.05) is 0 Å². The van der Waals surface area contributed by atoms with Crippen LogP contribution in [-0.2, 0) is 6.42 Å². The molecule has 3 rings (SSSR count). The van der Waals surface area contributed by atoms with Crippen LogP contribution >= 0.6 is 11.6 Å². The van der Waals surface area contributed by atoms with Crippen molar-refractivity contribution in [2.45, 2.75) is 63.4 Å². The van der Waals surface area contributed by atoms with E-state index in [-0.39, 0.29) is 5.38 Å². The Morgan fingerprint density at radius 1 is 1.16 bits per heavy atom. The van der Waals surface area contributed by atoms with Crippen LogP contribution in [0.25, 0.3) is 0 Å². The predicted molar refractivity (Wildman–Crippen MR) is 80.0 cm³/mol. The van der Waals surface area contributed by atoms with E-state index in [1.807, 2.05) is 0 Å². The highest BCUT2D eigenvalue weighted by atomic mass is 35.5. The molecule has 0 amide bonds. The summed E-state index contributed by atoms with van der Waals surface area (Å²) in [5.74, 6) is 1.71. The average molecular weight is 279 g/mol. The van der Waals surface area contributed by atoms with Crippen LogP contribution in [0.3, 0.4) is 0 Å². The van der Waals surface area contributed by atoms with E-state index in [1.165, 1.54) is 49.7 Å². The Morgan fingerprint density at radius 3 is 2.63 bits per heavy atom. The van der Waals surface area contributed by atoms with Crippen molar-refractivity contribution in [1.29, 1.82) is 0 Å². The minimum absolute atomic E-state index is 0.180. The number of benzene rings is 1. The molecule has 0 bridgehead atoms. The normalized spacial score (nSPS) is 25.5. The highest BCUT2D eigenvalue weighted by Crippen LogP contribution is 2.40. The summed E-state index contributed by atoms with van der Waals surface area (Å²) in [5, 5.41) is 0.180. The van der Waals surface area contributed by atoms with Gasteiger partial charge in [0.1, 0.15) is 11.9 Å². The summed E-state index contributed by atoms with van der Waals surface area (Å²) < 4.78 is 5.76. The highest BCUT2D eigenvalue weighted by Gasteiger charge is 2.25. The Morgan fingerprint density at radius 2 is 1.89 bits per heavy atom. The largest absolute Gasteiger partial charge is 0.490 e. The SMILES string of the molecule is CC1Cc2cc(C(Cl)C3CCCCCC3)ccc2O1. The topological polar surface area (TPSA) is 9.23 Å². The van der Waals surface area contributed by atoms with Gasteiger partial charge in [-0.2, -0.15) is 0 Å². The summed E-state index contributed by atoms with van der Waals surface area (Å²) in [7, 11) is 0. The summed E-state index contributed by atoms with van der Waals surface area (Å²) in [6, 6.07) is 6.56. The first-order valence-corrected chi connectivity index (χ1v) is 8.11. The fraction of sp³-hybridized carbons (Fsp3) is 0.647. The quantitative estimate of drug-likeness (QED) is 0.530. The second-order valence-electron chi connectivity index (χ2n) is 6.15. The van der Waals surface area contributed by atoms with Crippen molar-refractivity contribution < 1.29 is 4.74 Å². The molecule has 19 heavy (non-hydrogen) atoms. The monoisotopic (exact) mass is 278 g/mol. The predicted octanol–water partition coefficient (Wildman–Crippen LogP) is 5.26. The fourth-order valence-corrected chi connectivity index (χ4v) is 3.88. The van der Waals surface area contributed by atoms with Crippen molar-refractivity contribution in [3.63, 3.8) is 0 Å². The van der Waals surface area contributed by atoms with E-state index < -0.39 is 0 Å². The van der Waals surface area contributed by atoms with Crippen molar-refractivity contribution in [3.05, 3.63) is 29.3 Å². The van der Waals surface area contributed by atoms with E-state index in [2.05, 4.69) is 25.1 Å². The zero-order chi connectivity index (χ0) is 13.2. The molecule has 2 atom stereocenters. The Labute approximate surface area is 121 Å². The van der Waals surface area contributed by atoms with Gasteiger partial charge in [0.05, 0.1) is 5.38 Å². The van der Waals surface area contributed by atoms with Crippen LogP contribution in [-0.4, -0.2) is 6.10 Å². The number of ether oxygens (including phenoxy) is 1. The summed E-state index contributed by atoms with van der Waals surface area (Å²) in [5.41, 5.74) is 2.63. The Kier molecular flexibility index (Phi) is 4.02. The summed E-state index contributed by atoms with van der Waals surface area (Å²) >= 11 is 6.75. The molecule has 1 heterocycles. The Balaban J connectivity index is 1.76. The Hall–Kier alpha value is -0.690.